The van der Waals surface area contributed by atoms with E-state index in [-0.39, 0.29) is 28.5 Å². The molecule has 1 N–H and O–H groups in total. The monoisotopic (exact) mass is 545 g/mol. The Labute approximate surface area is 229 Å². The number of benzene rings is 2. The van der Waals surface area contributed by atoms with Crippen molar-refractivity contribution in [3.63, 3.8) is 0 Å². The first kappa shape index (κ1) is 25.6. The molecule has 7 nitrogen and oxygen atoms in total. The van der Waals surface area contributed by atoms with E-state index in [1.54, 1.807) is 48.4 Å². The average molecular weight is 546 g/mol. The Morgan fingerprint density at radius 1 is 1.11 bits per heavy atom. The average Bonchev–Trinajstić information content (AvgIpc) is 3.28. The lowest BCUT2D eigenvalue weighted by Crippen LogP contribution is -2.32. The van der Waals surface area contributed by atoms with Gasteiger partial charge in [-0.15, -0.1) is 11.3 Å². The molecule has 2 aromatic heterocycles. The van der Waals surface area contributed by atoms with Crippen molar-refractivity contribution in [2.75, 3.05) is 23.4 Å². The number of fused-ring (bicyclic) bond motifs is 3. The maximum Gasteiger partial charge on any atom is 0.348 e. The molecule has 0 radical (unpaired) electrons. The minimum Gasteiger partial charge on any atom is -0.462 e. The number of aromatic nitrogens is 1. The first-order valence-corrected chi connectivity index (χ1v) is 13.3. The molecule has 2 aromatic carbocycles. The Morgan fingerprint density at radius 3 is 2.63 bits per heavy atom. The van der Waals surface area contributed by atoms with Gasteiger partial charge in [-0.2, -0.15) is 0 Å². The van der Waals surface area contributed by atoms with Crippen LogP contribution in [0, 0.1) is 6.92 Å². The van der Waals surface area contributed by atoms with Crippen molar-refractivity contribution in [2.45, 2.75) is 20.3 Å². The number of halogens is 1. The molecule has 0 bridgehead atoms. The fraction of sp³-hybridized carbons (Fsp3) is 0.172. The Bertz CT molecular complexity index is 1550. The van der Waals surface area contributed by atoms with Crippen molar-refractivity contribution in [3.8, 4) is 10.4 Å². The molecule has 38 heavy (non-hydrogen) atoms. The van der Waals surface area contributed by atoms with Gasteiger partial charge in [0.2, 0.25) is 0 Å². The minimum atomic E-state index is -0.375. The van der Waals surface area contributed by atoms with Crippen LogP contribution in [0.1, 0.15) is 48.4 Å². The van der Waals surface area contributed by atoms with E-state index in [4.69, 9.17) is 16.3 Å². The molecule has 9 heteroatoms. The SMILES string of the molecule is CCOC(=O)c1cc2c(s1)-c1ccccc1N(C(=O)c1ccc(NC(=O)c3cc(C)cnc3Cl)cc1)CC2. The fourth-order valence-corrected chi connectivity index (χ4v) is 5.70. The summed E-state index contributed by atoms with van der Waals surface area (Å²) in [6, 6.07) is 18.0. The van der Waals surface area contributed by atoms with E-state index in [2.05, 4.69) is 10.3 Å². The lowest BCUT2D eigenvalue weighted by Gasteiger charge is -2.23. The maximum atomic E-state index is 13.6. The van der Waals surface area contributed by atoms with E-state index >= 15 is 0 Å². The topological polar surface area (TPSA) is 88.6 Å². The van der Waals surface area contributed by atoms with Gasteiger partial charge in [0.1, 0.15) is 10.0 Å². The summed E-state index contributed by atoms with van der Waals surface area (Å²) < 4.78 is 5.18. The molecule has 0 fully saturated rings. The standard InChI is InChI=1S/C29H24ClN3O4S/c1-3-37-29(36)24-15-19-12-13-33(23-7-5-4-6-21(23)25(19)38-24)28(35)18-8-10-20(11-9-18)32-27(34)22-14-17(2)16-31-26(22)30/h4-11,14-16H,3,12-13H2,1-2H3,(H,32,34). The zero-order valence-electron chi connectivity index (χ0n) is 20.8. The number of pyridine rings is 1. The highest BCUT2D eigenvalue weighted by atomic mass is 35.5. The predicted molar refractivity (Wildman–Crippen MR) is 149 cm³/mol. The Hall–Kier alpha value is -4.01. The number of para-hydroxylation sites is 1. The van der Waals surface area contributed by atoms with Crippen LogP contribution >= 0.6 is 22.9 Å². The molecular formula is C29H24ClN3O4S. The van der Waals surface area contributed by atoms with Crippen molar-refractivity contribution >= 4 is 52.1 Å². The smallest absolute Gasteiger partial charge is 0.348 e. The highest BCUT2D eigenvalue weighted by Gasteiger charge is 2.27. The third-order valence-electron chi connectivity index (χ3n) is 6.19. The first-order valence-electron chi connectivity index (χ1n) is 12.1. The summed E-state index contributed by atoms with van der Waals surface area (Å²) in [6.07, 6.45) is 2.20. The van der Waals surface area contributed by atoms with Gasteiger partial charge in [0.25, 0.3) is 11.8 Å². The van der Waals surface area contributed by atoms with E-state index in [1.807, 2.05) is 37.3 Å². The largest absolute Gasteiger partial charge is 0.462 e. The van der Waals surface area contributed by atoms with E-state index < -0.39 is 0 Å². The van der Waals surface area contributed by atoms with E-state index in [0.29, 0.717) is 35.7 Å². The van der Waals surface area contributed by atoms with E-state index in [0.717, 1.165) is 27.3 Å². The number of hydrogen-bond donors (Lipinski definition) is 1. The van der Waals surface area contributed by atoms with Gasteiger partial charge in [-0.3, -0.25) is 9.59 Å². The number of nitrogens with zero attached hydrogens (tertiary/aromatic N) is 2. The van der Waals surface area contributed by atoms with Crippen molar-refractivity contribution in [1.82, 2.24) is 4.98 Å². The van der Waals surface area contributed by atoms with Crippen molar-refractivity contribution in [2.24, 2.45) is 0 Å². The molecule has 0 saturated heterocycles. The quantitative estimate of drug-likeness (QED) is 0.231. The lowest BCUT2D eigenvalue weighted by molar-refractivity contribution is 0.0531. The van der Waals surface area contributed by atoms with Crippen molar-refractivity contribution < 1.29 is 19.1 Å². The number of carbonyl (C=O) groups excluding carboxylic acids is 3. The lowest BCUT2D eigenvalue weighted by atomic mass is 10.1. The number of anilines is 2. The number of amides is 2. The van der Waals surface area contributed by atoms with Crippen LogP contribution in [-0.4, -0.2) is 35.9 Å². The van der Waals surface area contributed by atoms with Crippen molar-refractivity contribution in [3.05, 3.63) is 99.1 Å². The second kappa shape index (κ2) is 10.8. The molecule has 0 atom stereocenters. The molecule has 5 rings (SSSR count). The Morgan fingerprint density at radius 2 is 1.87 bits per heavy atom. The summed E-state index contributed by atoms with van der Waals surface area (Å²) in [6.45, 7) is 4.39. The second-order valence-electron chi connectivity index (χ2n) is 8.79. The Kier molecular flexibility index (Phi) is 7.26. The number of esters is 1. The summed E-state index contributed by atoms with van der Waals surface area (Å²) in [4.78, 5) is 45.9. The fourth-order valence-electron chi connectivity index (χ4n) is 4.37. The predicted octanol–water partition coefficient (Wildman–Crippen LogP) is 6.40. The number of hydrogen-bond acceptors (Lipinski definition) is 6. The van der Waals surface area contributed by atoms with E-state index in [9.17, 15) is 14.4 Å². The number of thiophene rings is 1. The molecule has 0 unspecified atom stereocenters. The summed E-state index contributed by atoms with van der Waals surface area (Å²) in [7, 11) is 0. The maximum absolute atomic E-state index is 13.6. The summed E-state index contributed by atoms with van der Waals surface area (Å²) in [5.41, 5.74) is 4.84. The zero-order valence-corrected chi connectivity index (χ0v) is 22.4. The Balaban J connectivity index is 1.38. The third kappa shape index (κ3) is 5.05. The van der Waals surface area contributed by atoms with Crippen LogP contribution in [0.25, 0.3) is 10.4 Å². The highest BCUT2D eigenvalue weighted by molar-refractivity contribution is 7.17. The van der Waals surface area contributed by atoms with Gasteiger partial charge in [0.05, 0.1) is 17.9 Å². The van der Waals surface area contributed by atoms with Crippen LogP contribution < -0.4 is 10.2 Å². The number of aryl methyl sites for hydroxylation is 1. The minimum absolute atomic E-state index is 0.127. The van der Waals surface area contributed by atoms with Crippen LogP contribution in [0.15, 0.2) is 66.9 Å². The number of nitrogens with one attached hydrogen (secondary N) is 1. The van der Waals surface area contributed by atoms with Gasteiger partial charge in [0.15, 0.2) is 0 Å². The zero-order chi connectivity index (χ0) is 26.8. The molecule has 0 spiro atoms. The number of carbonyl (C=O) groups is 3. The van der Waals surface area contributed by atoms with Gasteiger partial charge in [-0.1, -0.05) is 29.8 Å². The van der Waals surface area contributed by atoms with Crippen LogP contribution in [0.2, 0.25) is 5.15 Å². The summed E-state index contributed by atoms with van der Waals surface area (Å²) in [5.74, 6) is -0.855. The van der Waals surface area contributed by atoms with Gasteiger partial charge < -0.3 is 15.0 Å². The van der Waals surface area contributed by atoms with Gasteiger partial charge in [0, 0.05) is 34.4 Å². The first-order chi connectivity index (χ1) is 18.4. The van der Waals surface area contributed by atoms with Gasteiger partial charge >= 0.3 is 5.97 Å². The molecule has 1 aliphatic rings. The molecular weight excluding hydrogens is 522 g/mol. The summed E-state index contributed by atoms with van der Waals surface area (Å²) >= 11 is 7.47. The second-order valence-corrected chi connectivity index (χ2v) is 10.2. The van der Waals surface area contributed by atoms with Crippen LogP contribution in [0.5, 0.6) is 0 Å². The molecule has 4 aromatic rings. The molecule has 0 saturated carbocycles. The van der Waals surface area contributed by atoms with Crippen LogP contribution in [-0.2, 0) is 11.2 Å². The molecule has 2 amide bonds. The highest BCUT2D eigenvalue weighted by Crippen LogP contribution is 2.42. The van der Waals surface area contributed by atoms with Crippen LogP contribution in [0.4, 0.5) is 11.4 Å². The molecule has 0 aliphatic carbocycles. The normalized spacial score (nSPS) is 12.2. The molecule has 3 heterocycles. The van der Waals surface area contributed by atoms with Gasteiger partial charge in [-0.25, -0.2) is 9.78 Å². The number of ether oxygens (including phenoxy) is 1. The molecule has 1 aliphatic heterocycles. The third-order valence-corrected chi connectivity index (χ3v) is 7.68. The molecule has 192 valence electrons. The van der Waals surface area contributed by atoms with Gasteiger partial charge in [-0.05, 0) is 73.9 Å². The van der Waals surface area contributed by atoms with Crippen molar-refractivity contribution in [1.29, 1.82) is 0 Å². The van der Waals surface area contributed by atoms with Crippen LogP contribution in [0.3, 0.4) is 0 Å². The number of rotatable bonds is 5. The van der Waals surface area contributed by atoms with E-state index in [1.165, 1.54) is 11.3 Å². The summed E-state index contributed by atoms with van der Waals surface area (Å²) in [5, 5.41) is 2.93.